The van der Waals surface area contributed by atoms with Crippen LogP contribution < -0.4 is 15.4 Å². The minimum atomic E-state index is -0.499. The average molecular weight is 522 g/mol. The number of carbonyl (C=O) groups is 2. The number of nitrogens with one attached hydrogen (secondary N) is 2. The van der Waals surface area contributed by atoms with E-state index in [0.29, 0.717) is 45.5 Å². The highest BCUT2D eigenvalue weighted by atomic mass is 35.5. The molecule has 1 amide bonds. The molecular formula is C28H28ClN3O3S. The van der Waals surface area contributed by atoms with E-state index < -0.39 is 5.92 Å². The molecule has 2 aliphatic rings. The molecule has 186 valence electrons. The SMILES string of the molecule is COc1ccc(C2C(C#N)=C(SCC(=O)Nc3cccc(Cl)c3C)NC3=C2C(=O)CC(C)(C)C3)cc1. The highest BCUT2D eigenvalue weighted by Gasteiger charge is 2.42. The van der Waals surface area contributed by atoms with Crippen LogP contribution in [0.2, 0.25) is 5.02 Å². The Morgan fingerprint density at radius 2 is 1.97 bits per heavy atom. The van der Waals surface area contributed by atoms with E-state index in [9.17, 15) is 14.9 Å². The Kier molecular flexibility index (Phi) is 7.49. The molecule has 1 aliphatic carbocycles. The lowest BCUT2D eigenvalue weighted by molar-refractivity contribution is -0.118. The number of ether oxygens (including phenoxy) is 1. The Morgan fingerprint density at radius 1 is 1.25 bits per heavy atom. The van der Waals surface area contributed by atoms with E-state index >= 15 is 0 Å². The summed E-state index contributed by atoms with van der Waals surface area (Å²) in [5, 5.41) is 17.6. The molecule has 4 rings (SSSR count). The topological polar surface area (TPSA) is 91.2 Å². The Labute approximate surface area is 220 Å². The number of amides is 1. The third kappa shape index (κ3) is 5.30. The first-order chi connectivity index (χ1) is 17.1. The number of anilines is 1. The number of hydrogen-bond donors (Lipinski definition) is 2. The maximum absolute atomic E-state index is 13.3. The average Bonchev–Trinajstić information content (AvgIpc) is 2.84. The van der Waals surface area contributed by atoms with Crippen LogP contribution in [0.1, 0.15) is 43.7 Å². The van der Waals surface area contributed by atoms with Crippen molar-refractivity contribution in [3.63, 3.8) is 0 Å². The number of dihydropyridines is 1. The van der Waals surface area contributed by atoms with Gasteiger partial charge in [-0.2, -0.15) is 5.26 Å². The van der Waals surface area contributed by atoms with Gasteiger partial charge >= 0.3 is 0 Å². The van der Waals surface area contributed by atoms with Crippen molar-refractivity contribution in [1.29, 1.82) is 5.26 Å². The van der Waals surface area contributed by atoms with Crippen LogP contribution in [-0.4, -0.2) is 24.6 Å². The minimum absolute atomic E-state index is 0.0422. The fraction of sp³-hybridized carbons (Fsp3) is 0.321. The van der Waals surface area contributed by atoms with Gasteiger partial charge in [0.25, 0.3) is 0 Å². The van der Waals surface area contributed by atoms with Crippen LogP contribution in [0.3, 0.4) is 0 Å². The van der Waals surface area contributed by atoms with Gasteiger partial charge in [0, 0.05) is 28.4 Å². The van der Waals surface area contributed by atoms with Crippen molar-refractivity contribution in [3.8, 4) is 11.8 Å². The van der Waals surface area contributed by atoms with Crippen molar-refractivity contribution >= 4 is 40.7 Å². The summed E-state index contributed by atoms with van der Waals surface area (Å²) in [6.07, 6.45) is 1.10. The van der Waals surface area contributed by atoms with E-state index in [1.165, 1.54) is 11.8 Å². The Balaban J connectivity index is 1.65. The summed E-state index contributed by atoms with van der Waals surface area (Å²) in [6, 6.07) is 15.1. The Bertz CT molecular complexity index is 1320. The zero-order valence-electron chi connectivity index (χ0n) is 20.7. The van der Waals surface area contributed by atoms with Gasteiger partial charge in [-0.05, 0) is 54.2 Å². The molecule has 2 aromatic carbocycles. The van der Waals surface area contributed by atoms with Gasteiger partial charge in [0.2, 0.25) is 5.91 Å². The number of allylic oxidation sites excluding steroid dienone is 3. The number of benzene rings is 2. The predicted molar refractivity (Wildman–Crippen MR) is 144 cm³/mol. The summed E-state index contributed by atoms with van der Waals surface area (Å²) >= 11 is 7.44. The summed E-state index contributed by atoms with van der Waals surface area (Å²) in [6.45, 7) is 5.98. The predicted octanol–water partition coefficient (Wildman–Crippen LogP) is 6.09. The smallest absolute Gasteiger partial charge is 0.234 e. The van der Waals surface area contributed by atoms with E-state index in [2.05, 4.69) is 30.6 Å². The molecule has 6 nitrogen and oxygen atoms in total. The fourth-order valence-electron chi connectivity index (χ4n) is 4.69. The number of nitrogens with zero attached hydrogens (tertiary/aromatic N) is 1. The van der Waals surface area contributed by atoms with Gasteiger partial charge in [-0.1, -0.05) is 55.4 Å². The molecule has 2 N–H and O–H groups in total. The molecule has 36 heavy (non-hydrogen) atoms. The minimum Gasteiger partial charge on any atom is -0.497 e. The van der Waals surface area contributed by atoms with Crippen molar-refractivity contribution in [3.05, 3.63) is 80.5 Å². The van der Waals surface area contributed by atoms with Crippen LogP contribution in [-0.2, 0) is 9.59 Å². The Hall–Kier alpha value is -3.21. The van der Waals surface area contributed by atoms with E-state index in [4.69, 9.17) is 16.3 Å². The van der Waals surface area contributed by atoms with E-state index in [1.54, 1.807) is 25.3 Å². The quantitative estimate of drug-likeness (QED) is 0.477. The van der Waals surface area contributed by atoms with Gasteiger partial charge in [-0.15, -0.1) is 0 Å². The highest BCUT2D eigenvalue weighted by molar-refractivity contribution is 8.03. The van der Waals surface area contributed by atoms with Crippen LogP contribution >= 0.6 is 23.4 Å². The molecule has 1 atom stereocenters. The van der Waals surface area contributed by atoms with Crippen molar-refractivity contribution in [2.45, 2.75) is 39.5 Å². The maximum Gasteiger partial charge on any atom is 0.234 e. The number of hydrogen-bond acceptors (Lipinski definition) is 6. The van der Waals surface area contributed by atoms with Crippen LogP contribution in [0.4, 0.5) is 5.69 Å². The lowest BCUT2D eigenvalue weighted by Crippen LogP contribution is -2.37. The van der Waals surface area contributed by atoms with Crippen molar-refractivity contribution in [1.82, 2.24) is 5.32 Å². The molecule has 0 spiro atoms. The van der Waals surface area contributed by atoms with Crippen LogP contribution in [0.5, 0.6) is 5.75 Å². The standard InChI is InChI=1S/C28H28ClN3O3S/c1-16-20(29)6-5-7-21(16)31-24(34)15-36-27-19(14-30)25(17-8-10-18(35-4)11-9-17)26-22(32-27)12-28(2,3)13-23(26)33/h5-11,25,32H,12-13,15H2,1-4H3,(H,31,34). The van der Waals surface area contributed by atoms with E-state index in [-0.39, 0.29) is 22.9 Å². The normalized spacial score (nSPS) is 18.8. The van der Waals surface area contributed by atoms with Crippen molar-refractivity contribution < 1.29 is 14.3 Å². The second-order valence-electron chi connectivity index (χ2n) is 9.77. The molecule has 1 unspecified atom stereocenters. The largest absolute Gasteiger partial charge is 0.497 e. The number of carbonyl (C=O) groups excluding carboxylic acids is 2. The molecule has 2 aromatic rings. The van der Waals surface area contributed by atoms with Crippen molar-refractivity contribution in [2.75, 3.05) is 18.2 Å². The van der Waals surface area contributed by atoms with Gasteiger partial charge in [0.05, 0.1) is 35.5 Å². The zero-order chi connectivity index (χ0) is 26.0. The first-order valence-corrected chi connectivity index (χ1v) is 13.0. The molecule has 0 saturated carbocycles. The highest BCUT2D eigenvalue weighted by Crippen LogP contribution is 2.48. The fourth-order valence-corrected chi connectivity index (χ4v) is 5.72. The Morgan fingerprint density at radius 3 is 2.64 bits per heavy atom. The molecule has 8 heteroatoms. The van der Waals surface area contributed by atoms with Crippen LogP contribution in [0.25, 0.3) is 0 Å². The molecular weight excluding hydrogens is 494 g/mol. The van der Waals surface area contributed by atoms with Crippen LogP contribution in [0.15, 0.2) is 64.3 Å². The van der Waals surface area contributed by atoms with Gasteiger partial charge in [0.15, 0.2) is 5.78 Å². The van der Waals surface area contributed by atoms with Crippen LogP contribution in [0, 0.1) is 23.7 Å². The van der Waals surface area contributed by atoms with E-state index in [1.807, 2.05) is 31.2 Å². The summed E-state index contributed by atoms with van der Waals surface area (Å²) in [7, 11) is 1.60. The number of rotatable bonds is 6. The second kappa shape index (κ2) is 10.4. The summed E-state index contributed by atoms with van der Waals surface area (Å²) in [4.78, 5) is 26.1. The second-order valence-corrected chi connectivity index (χ2v) is 11.2. The monoisotopic (exact) mass is 521 g/mol. The molecule has 0 saturated heterocycles. The number of thioether (sulfide) groups is 1. The number of methoxy groups -OCH3 is 1. The maximum atomic E-state index is 13.3. The summed E-state index contributed by atoms with van der Waals surface area (Å²) in [5.74, 6) is 0.122. The number of Topliss-reactive ketones (excluding diaryl/α,β-unsaturated/α-hetero) is 1. The molecule has 1 heterocycles. The molecule has 0 bridgehead atoms. The van der Waals surface area contributed by atoms with E-state index in [0.717, 1.165) is 16.8 Å². The number of nitriles is 1. The first-order valence-electron chi connectivity index (χ1n) is 11.6. The zero-order valence-corrected chi connectivity index (χ0v) is 22.3. The van der Waals surface area contributed by atoms with Gasteiger partial charge in [-0.25, -0.2) is 0 Å². The molecule has 0 aromatic heterocycles. The lowest BCUT2D eigenvalue weighted by atomic mass is 9.69. The number of ketones is 1. The van der Waals surface area contributed by atoms with Gasteiger partial charge in [-0.3, -0.25) is 9.59 Å². The van der Waals surface area contributed by atoms with Gasteiger partial charge in [0.1, 0.15) is 5.75 Å². The third-order valence-corrected chi connectivity index (χ3v) is 7.89. The third-order valence-electron chi connectivity index (χ3n) is 6.47. The molecule has 1 aliphatic heterocycles. The molecule has 0 fully saturated rings. The summed E-state index contributed by atoms with van der Waals surface area (Å²) in [5.41, 5.74) is 3.98. The van der Waals surface area contributed by atoms with Gasteiger partial charge < -0.3 is 15.4 Å². The number of halogens is 1. The lowest BCUT2D eigenvalue weighted by Gasteiger charge is -2.39. The first kappa shape index (κ1) is 25.9. The molecule has 0 radical (unpaired) electrons. The van der Waals surface area contributed by atoms with Crippen molar-refractivity contribution in [2.24, 2.45) is 5.41 Å². The summed E-state index contributed by atoms with van der Waals surface area (Å²) < 4.78 is 5.29.